The molecule has 46 heavy (non-hydrogen) atoms. The number of anilines is 2. The number of aromatic amines is 1. The highest BCUT2D eigenvalue weighted by Crippen LogP contribution is 2.43. The number of phosphoric acid groups is 1. The normalized spacial score (nSPS) is 28.4. The average Bonchev–Trinajstić information content (AvgIpc) is 3.75. The van der Waals surface area contributed by atoms with E-state index in [0.717, 1.165) is 0 Å². The van der Waals surface area contributed by atoms with Gasteiger partial charge in [0.1, 0.15) is 36.3 Å². The predicted molar refractivity (Wildman–Crippen MR) is 152 cm³/mol. The van der Waals surface area contributed by atoms with Crippen LogP contribution in [0, 0.1) is 5.92 Å². The summed E-state index contributed by atoms with van der Waals surface area (Å²) in [5.41, 5.74) is 11.5. The van der Waals surface area contributed by atoms with Crippen LogP contribution in [0.5, 0.6) is 0 Å². The number of methoxy groups -OCH3 is 1. The van der Waals surface area contributed by atoms with Crippen LogP contribution in [-0.2, 0) is 28.1 Å². The van der Waals surface area contributed by atoms with E-state index in [1.54, 1.807) is 0 Å². The van der Waals surface area contributed by atoms with Crippen molar-refractivity contribution in [3.8, 4) is 0 Å². The third-order valence-corrected chi connectivity index (χ3v) is 8.30. The fourth-order valence-corrected chi connectivity index (χ4v) is 6.03. The summed E-state index contributed by atoms with van der Waals surface area (Å²) >= 11 is 0. The molecule has 0 saturated carbocycles. The van der Waals surface area contributed by atoms with E-state index in [2.05, 4.69) is 35.2 Å². The summed E-state index contributed by atoms with van der Waals surface area (Å²) in [7, 11) is -3.53. The molecule has 23 heteroatoms. The summed E-state index contributed by atoms with van der Waals surface area (Å²) in [6.45, 7) is -0.835. The van der Waals surface area contributed by atoms with Gasteiger partial charge in [0.25, 0.3) is 5.56 Å². The van der Waals surface area contributed by atoms with Gasteiger partial charge in [0, 0.05) is 26.0 Å². The van der Waals surface area contributed by atoms with Crippen LogP contribution in [0.1, 0.15) is 18.9 Å². The number of aromatic nitrogens is 8. The minimum Gasteiger partial charge on any atom is -0.387 e. The molecular formula is C23H30N11O11P. The number of fused-ring (bicyclic) bond motifs is 2. The van der Waals surface area contributed by atoms with E-state index in [4.69, 9.17) is 30.2 Å². The zero-order valence-electron chi connectivity index (χ0n) is 23.9. The fraction of sp³-hybridized carbons (Fsp3) is 0.522. The number of nitrogen functional groups attached to an aromatic ring is 2. The maximum atomic E-state index is 13.2. The van der Waals surface area contributed by atoms with Crippen LogP contribution in [0.4, 0.5) is 11.8 Å². The Hall–Kier alpha value is -4.12. The van der Waals surface area contributed by atoms with Crippen LogP contribution < -0.4 is 22.3 Å². The van der Waals surface area contributed by atoms with E-state index < -0.39 is 74.8 Å². The van der Waals surface area contributed by atoms with E-state index >= 15 is 0 Å². The molecule has 2 fully saturated rings. The lowest BCUT2D eigenvalue weighted by Crippen LogP contribution is -2.41. The molecule has 4 aromatic rings. The number of aliphatic hydroxyl groups is 2. The largest absolute Gasteiger partial charge is 0.469 e. The highest BCUT2D eigenvalue weighted by Gasteiger charge is 2.49. The number of nitrogens with one attached hydrogen (secondary N) is 2. The van der Waals surface area contributed by atoms with Gasteiger partial charge < -0.3 is 51.0 Å². The first-order valence-corrected chi connectivity index (χ1v) is 15.2. The summed E-state index contributed by atoms with van der Waals surface area (Å²) in [6, 6.07) is 0. The van der Waals surface area contributed by atoms with E-state index in [1.165, 1.54) is 35.2 Å². The molecule has 0 bridgehead atoms. The molecule has 2 aliphatic rings. The number of nitrogens with zero attached hydrogens (tertiary/aromatic N) is 7. The zero-order valence-corrected chi connectivity index (χ0v) is 24.7. The number of imidazole rings is 2. The number of nitrogens with two attached hydrogens (primary N) is 2. The molecule has 2 saturated heterocycles. The number of amides is 1. The van der Waals surface area contributed by atoms with Crippen molar-refractivity contribution in [3.63, 3.8) is 0 Å². The van der Waals surface area contributed by atoms with Crippen molar-refractivity contribution >= 4 is 47.8 Å². The van der Waals surface area contributed by atoms with Gasteiger partial charge in [-0.15, -0.1) is 0 Å². The molecule has 6 rings (SSSR count). The molecule has 8 atom stereocenters. The van der Waals surface area contributed by atoms with Crippen LogP contribution >= 0.6 is 7.82 Å². The van der Waals surface area contributed by atoms with Gasteiger partial charge in [-0.25, -0.2) is 24.5 Å². The highest BCUT2D eigenvalue weighted by atomic mass is 31.2. The molecule has 4 aromatic heterocycles. The Kier molecular flexibility index (Phi) is 8.47. The second-order valence-corrected chi connectivity index (χ2v) is 11.9. The lowest BCUT2D eigenvalue weighted by molar-refractivity contribution is -0.124. The second-order valence-electron chi connectivity index (χ2n) is 10.6. The summed E-state index contributed by atoms with van der Waals surface area (Å²) < 4.78 is 36.6. The molecule has 22 nitrogen and oxygen atoms in total. The molecule has 6 heterocycles. The number of H-pyrrole nitrogens is 1. The standard InChI is InChI=1S/C23H30N11O11P/c1-42-16-8(10(4-43-46(39,40)41)45-22(16)33-6-29-12-17(24)27-5-28-18(12)33)2-11(35)26-3-9-14(36)15(37)21(44-9)34-7-30-13-19(34)31-23(25)32-20(13)38/h5-10,14-16,21-22,36-37H,2-4H2,1H3,(H,26,35)(H2,24,27,28)(H2,39,40,41)(H3,25,31,32,38)/t8-,9-,10-,14-,15-,16-,21-,22-/m1/s1. The molecule has 2 aliphatic heterocycles. The number of aliphatic hydroxyl groups excluding tert-OH is 2. The smallest absolute Gasteiger partial charge is 0.387 e. The molecule has 0 aliphatic carbocycles. The lowest BCUT2D eigenvalue weighted by atomic mass is 9.93. The molecular weight excluding hydrogens is 637 g/mol. The zero-order chi connectivity index (χ0) is 32.9. The molecule has 0 spiro atoms. The second kappa shape index (κ2) is 12.2. The first-order chi connectivity index (χ1) is 21.9. The number of ether oxygens (including phenoxy) is 3. The summed E-state index contributed by atoms with van der Waals surface area (Å²) in [5.74, 6) is -1.45. The van der Waals surface area contributed by atoms with Crippen LogP contribution in [0.25, 0.3) is 22.3 Å². The number of carbonyl (C=O) groups excluding carboxylic acids is 1. The lowest BCUT2D eigenvalue weighted by Gasteiger charge is -2.23. The SMILES string of the molecule is CO[C@@H]1[C@H](CC(=O)NC[C@H]2O[C@@H](n3cnc4c(=O)[nH]c(N)nc43)[C@H](O)[C@@H]2O)[C@@H](COP(=O)(O)O)O[C@H]1n1cnc2c(N)ncnc21. The highest BCUT2D eigenvalue weighted by molar-refractivity contribution is 7.46. The molecule has 0 aromatic carbocycles. The Bertz CT molecular complexity index is 1860. The van der Waals surface area contributed by atoms with Gasteiger partial charge in [-0.05, 0) is 0 Å². The van der Waals surface area contributed by atoms with Crippen LogP contribution in [0.2, 0.25) is 0 Å². The van der Waals surface area contributed by atoms with E-state index in [1.807, 2.05) is 0 Å². The van der Waals surface area contributed by atoms with E-state index in [-0.39, 0.29) is 41.4 Å². The molecule has 0 unspecified atom stereocenters. The Morgan fingerprint density at radius 2 is 1.74 bits per heavy atom. The van der Waals surface area contributed by atoms with Gasteiger partial charge in [-0.3, -0.25) is 28.2 Å². The minimum atomic E-state index is -4.90. The number of phosphoric ester groups is 1. The minimum absolute atomic E-state index is 0.0203. The maximum absolute atomic E-state index is 13.2. The number of hydrogen-bond acceptors (Lipinski definition) is 16. The van der Waals surface area contributed by atoms with Gasteiger partial charge in [-0.1, -0.05) is 0 Å². The van der Waals surface area contributed by atoms with Crippen LogP contribution in [0.15, 0.2) is 23.8 Å². The number of rotatable bonds is 10. The van der Waals surface area contributed by atoms with Crippen molar-refractivity contribution in [2.75, 3.05) is 31.7 Å². The third-order valence-electron chi connectivity index (χ3n) is 7.82. The fourth-order valence-electron chi connectivity index (χ4n) is 5.69. The first kappa shape index (κ1) is 31.8. The van der Waals surface area contributed by atoms with Gasteiger partial charge >= 0.3 is 7.82 Å². The van der Waals surface area contributed by atoms with E-state index in [0.29, 0.717) is 5.65 Å². The summed E-state index contributed by atoms with van der Waals surface area (Å²) in [4.78, 5) is 66.6. The van der Waals surface area contributed by atoms with Crippen molar-refractivity contribution in [1.29, 1.82) is 0 Å². The Labute approximate surface area is 256 Å². The van der Waals surface area contributed by atoms with Crippen molar-refractivity contribution in [2.24, 2.45) is 5.92 Å². The average molecular weight is 668 g/mol. The molecule has 0 radical (unpaired) electrons. The molecule has 10 N–H and O–H groups in total. The van der Waals surface area contributed by atoms with Crippen LogP contribution in [-0.4, -0.2) is 116 Å². The Balaban J connectivity index is 1.17. The van der Waals surface area contributed by atoms with Crippen molar-refractivity contribution in [2.45, 2.75) is 49.4 Å². The van der Waals surface area contributed by atoms with Gasteiger partial charge in [0.2, 0.25) is 11.9 Å². The summed E-state index contributed by atoms with van der Waals surface area (Å²) in [6.07, 6.45) is -4.56. The van der Waals surface area contributed by atoms with Gasteiger partial charge in [0.15, 0.2) is 35.1 Å². The molecule has 1 amide bonds. The Morgan fingerprint density at radius 1 is 1.04 bits per heavy atom. The monoisotopic (exact) mass is 667 g/mol. The summed E-state index contributed by atoms with van der Waals surface area (Å²) in [5, 5.41) is 24.0. The predicted octanol–water partition coefficient (Wildman–Crippen LogP) is -3.11. The number of carbonyl (C=O) groups is 1. The maximum Gasteiger partial charge on any atom is 0.469 e. The van der Waals surface area contributed by atoms with Gasteiger partial charge in [-0.2, -0.15) is 4.98 Å². The topological polar surface area (TPSA) is 323 Å². The van der Waals surface area contributed by atoms with Crippen molar-refractivity contribution < 1.29 is 48.1 Å². The third kappa shape index (κ3) is 5.92. The van der Waals surface area contributed by atoms with Crippen LogP contribution in [0.3, 0.4) is 0 Å². The van der Waals surface area contributed by atoms with Crippen molar-refractivity contribution in [3.05, 3.63) is 29.3 Å². The number of hydrogen-bond donors (Lipinski definition) is 8. The van der Waals surface area contributed by atoms with Gasteiger partial charge in [0.05, 0.1) is 25.4 Å². The quantitative estimate of drug-likeness (QED) is 0.0776. The van der Waals surface area contributed by atoms with Crippen molar-refractivity contribution in [1.82, 2.24) is 44.4 Å². The first-order valence-electron chi connectivity index (χ1n) is 13.7. The molecule has 248 valence electrons. The van der Waals surface area contributed by atoms with E-state index in [9.17, 15) is 34.2 Å². The Morgan fingerprint density at radius 3 is 2.46 bits per heavy atom.